The van der Waals surface area contributed by atoms with Crippen LogP contribution >= 0.6 is 22.9 Å². The van der Waals surface area contributed by atoms with Crippen LogP contribution in [0.4, 0.5) is 0 Å². The van der Waals surface area contributed by atoms with Crippen LogP contribution in [0.1, 0.15) is 27.7 Å². The molecule has 1 amide bonds. The molecule has 9 heteroatoms. The Morgan fingerprint density at radius 3 is 2.50 bits per heavy atom. The smallest absolute Gasteiger partial charge is 0.290 e. The number of Topliss-reactive ketones (excluding diaryl/α,β-unsaturated/α-hetero) is 1. The first-order valence-electron chi connectivity index (χ1n) is 8.58. The summed E-state index contributed by atoms with van der Waals surface area (Å²) in [5, 5.41) is 12.8. The van der Waals surface area contributed by atoms with E-state index in [1.54, 1.807) is 41.8 Å². The van der Waals surface area contributed by atoms with E-state index >= 15 is 0 Å². The minimum absolute atomic E-state index is 0.0241. The number of halogens is 1. The molecule has 1 aromatic carbocycles. The standard InChI is InChI=1S/C19H16ClNO5S2/c20-12-5-3-11(4-6-12)16-15(17(22)14-2-1-8-27-14)18(23)19(24)21(16)13-7-9-28(25,26)10-13/h1-6,8,13,16,23H,7,9-10H2/t13-,16+/m1/s1. The average molecular weight is 438 g/mol. The Hall–Kier alpha value is -2.16. The van der Waals surface area contributed by atoms with Gasteiger partial charge in [0.2, 0.25) is 5.78 Å². The molecule has 3 heterocycles. The van der Waals surface area contributed by atoms with Gasteiger partial charge in [-0.05, 0) is 35.6 Å². The number of benzene rings is 1. The second kappa shape index (κ2) is 7.02. The fraction of sp³-hybridized carbons (Fsp3) is 0.263. The Bertz CT molecular complexity index is 1070. The van der Waals surface area contributed by atoms with Crippen LogP contribution < -0.4 is 0 Å². The van der Waals surface area contributed by atoms with Gasteiger partial charge in [0.15, 0.2) is 15.6 Å². The molecule has 28 heavy (non-hydrogen) atoms. The minimum atomic E-state index is -3.27. The number of nitrogens with zero attached hydrogens (tertiary/aromatic N) is 1. The quantitative estimate of drug-likeness (QED) is 0.742. The first-order valence-corrected chi connectivity index (χ1v) is 11.7. The molecule has 0 aliphatic carbocycles. The number of thiophene rings is 1. The van der Waals surface area contributed by atoms with E-state index in [0.717, 1.165) is 0 Å². The zero-order valence-electron chi connectivity index (χ0n) is 14.5. The number of hydrogen-bond donors (Lipinski definition) is 1. The molecule has 2 aromatic rings. The Balaban J connectivity index is 1.82. The van der Waals surface area contributed by atoms with Crippen molar-refractivity contribution < 1.29 is 23.1 Å². The Kier molecular flexibility index (Phi) is 4.81. The van der Waals surface area contributed by atoms with Gasteiger partial charge in [-0.2, -0.15) is 0 Å². The molecule has 1 fully saturated rings. The van der Waals surface area contributed by atoms with Gasteiger partial charge in [0.25, 0.3) is 5.91 Å². The van der Waals surface area contributed by atoms with Crippen molar-refractivity contribution in [3.63, 3.8) is 0 Å². The van der Waals surface area contributed by atoms with Crippen LogP contribution in [0.3, 0.4) is 0 Å². The SMILES string of the molecule is O=C(C1=C(O)C(=O)N([C@@H]2CCS(=O)(=O)C2)[C@H]1c1ccc(Cl)cc1)c1cccs1. The lowest BCUT2D eigenvalue weighted by molar-refractivity contribution is -0.131. The van der Waals surface area contributed by atoms with Crippen LogP contribution in [0.15, 0.2) is 53.1 Å². The van der Waals surface area contributed by atoms with E-state index in [1.807, 2.05) is 0 Å². The molecule has 6 nitrogen and oxygen atoms in total. The minimum Gasteiger partial charge on any atom is -0.503 e. The van der Waals surface area contributed by atoms with Gasteiger partial charge < -0.3 is 10.0 Å². The van der Waals surface area contributed by atoms with E-state index in [1.165, 1.54) is 16.2 Å². The highest BCUT2D eigenvalue weighted by molar-refractivity contribution is 7.91. The fourth-order valence-corrected chi connectivity index (χ4v) is 6.25. The van der Waals surface area contributed by atoms with Gasteiger partial charge in [-0.15, -0.1) is 11.3 Å². The van der Waals surface area contributed by atoms with Crippen molar-refractivity contribution in [1.29, 1.82) is 0 Å². The van der Waals surface area contributed by atoms with E-state index < -0.39 is 39.4 Å². The first kappa shape index (κ1) is 19.2. The Morgan fingerprint density at radius 1 is 1.21 bits per heavy atom. The normalized spacial score (nSPS) is 24.2. The molecule has 2 aliphatic rings. The summed E-state index contributed by atoms with van der Waals surface area (Å²) in [4.78, 5) is 27.7. The summed E-state index contributed by atoms with van der Waals surface area (Å²) in [7, 11) is -3.27. The van der Waals surface area contributed by atoms with Crippen molar-refractivity contribution in [2.75, 3.05) is 11.5 Å². The number of sulfone groups is 1. The summed E-state index contributed by atoms with van der Waals surface area (Å²) in [6, 6.07) is 8.49. The zero-order chi connectivity index (χ0) is 20.1. The summed E-state index contributed by atoms with van der Waals surface area (Å²) in [6.45, 7) is 0. The molecule has 1 aromatic heterocycles. The van der Waals surface area contributed by atoms with E-state index in [4.69, 9.17) is 11.6 Å². The van der Waals surface area contributed by atoms with Crippen molar-refractivity contribution in [1.82, 2.24) is 4.90 Å². The highest BCUT2D eigenvalue weighted by Gasteiger charge is 2.49. The third kappa shape index (κ3) is 3.25. The van der Waals surface area contributed by atoms with Crippen molar-refractivity contribution >= 4 is 44.5 Å². The molecular formula is C19H16ClNO5S2. The molecule has 146 valence electrons. The maximum atomic E-state index is 13.1. The number of hydrogen-bond acceptors (Lipinski definition) is 6. The van der Waals surface area contributed by atoms with Crippen LogP contribution in [-0.4, -0.2) is 47.7 Å². The lowest BCUT2D eigenvalue weighted by atomic mass is 9.94. The van der Waals surface area contributed by atoms with Gasteiger partial charge in [0.05, 0.1) is 28.0 Å². The predicted octanol–water partition coefficient (Wildman–Crippen LogP) is 3.17. The monoisotopic (exact) mass is 437 g/mol. The van der Waals surface area contributed by atoms with Gasteiger partial charge >= 0.3 is 0 Å². The third-order valence-corrected chi connectivity index (χ3v) is 7.89. The molecule has 2 aliphatic heterocycles. The highest BCUT2D eigenvalue weighted by Crippen LogP contribution is 2.42. The number of ketones is 1. The molecule has 0 spiro atoms. The van der Waals surface area contributed by atoms with Crippen molar-refractivity contribution in [2.45, 2.75) is 18.5 Å². The summed E-state index contributed by atoms with van der Waals surface area (Å²) in [6.07, 6.45) is 0.270. The maximum Gasteiger partial charge on any atom is 0.290 e. The van der Waals surface area contributed by atoms with E-state index in [0.29, 0.717) is 15.5 Å². The van der Waals surface area contributed by atoms with Crippen molar-refractivity contribution in [2.24, 2.45) is 0 Å². The zero-order valence-corrected chi connectivity index (χ0v) is 16.9. The lowest BCUT2D eigenvalue weighted by Crippen LogP contribution is -2.41. The average Bonchev–Trinajstić information content (AvgIpc) is 3.35. The number of aliphatic hydroxyl groups excluding tert-OH is 1. The van der Waals surface area contributed by atoms with Gasteiger partial charge in [0, 0.05) is 11.1 Å². The van der Waals surface area contributed by atoms with Crippen molar-refractivity contribution in [3.8, 4) is 0 Å². The van der Waals surface area contributed by atoms with Crippen LogP contribution in [0.5, 0.6) is 0 Å². The lowest BCUT2D eigenvalue weighted by Gasteiger charge is -2.31. The second-order valence-corrected chi connectivity index (χ2v) is 10.4. The highest BCUT2D eigenvalue weighted by atomic mass is 35.5. The molecule has 2 atom stereocenters. The summed E-state index contributed by atoms with van der Waals surface area (Å²) >= 11 is 7.18. The Morgan fingerprint density at radius 2 is 1.93 bits per heavy atom. The number of amides is 1. The van der Waals surface area contributed by atoms with Crippen molar-refractivity contribution in [3.05, 3.63) is 68.6 Å². The number of carbonyl (C=O) groups excluding carboxylic acids is 2. The molecular weight excluding hydrogens is 422 g/mol. The predicted molar refractivity (Wildman–Crippen MR) is 106 cm³/mol. The molecule has 0 saturated carbocycles. The third-order valence-electron chi connectivity index (χ3n) is 5.02. The topological polar surface area (TPSA) is 91.8 Å². The maximum absolute atomic E-state index is 13.1. The van der Waals surface area contributed by atoms with Gasteiger partial charge in [-0.1, -0.05) is 29.8 Å². The van der Waals surface area contributed by atoms with E-state index in [-0.39, 0.29) is 23.5 Å². The summed E-state index contributed by atoms with van der Waals surface area (Å²) < 4.78 is 24.0. The largest absolute Gasteiger partial charge is 0.503 e. The number of rotatable bonds is 4. The van der Waals surface area contributed by atoms with Crippen LogP contribution in [0.25, 0.3) is 0 Å². The van der Waals surface area contributed by atoms with Gasteiger partial charge in [-0.3, -0.25) is 9.59 Å². The van der Waals surface area contributed by atoms with Gasteiger partial charge in [-0.25, -0.2) is 8.42 Å². The van der Waals surface area contributed by atoms with Crippen LogP contribution in [0.2, 0.25) is 5.02 Å². The fourth-order valence-electron chi connectivity index (χ4n) is 3.74. The molecule has 1 saturated heterocycles. The Labute approximate surface area is 171 Å². The molecule has 1 N–H and O–H groups in total. The van der Waals surface area contributed by atoms with E-state index in [2.05, 4.69) is 0 Å². The second-order valence-electron chi connectivity index (χ2n) is 6.79. The number of carbonyl (C=O) groups is 2. The summed E-state index contributed by atoms with van der Waals surface area (Å²) in [5.74, 6) is -1.99. The molecule has 0 unspecified atom stereocenters. The van der Waals surface area contributed by atoms with Crippen LogP contribution in [0, 0.1) is 0 Å². The van der Waals surface area contributed by atoms with E-state index in [9.17, 15) is 23.1 Å². The first-order chi connectivity index (χ1) is 13.3. The molecule has 4 rings (SSSR count). The summed E-state index contributed by atoms with van der Waals surface area (Å²) in [5.41, 5.74) is 0.560. The van der Waals surface area contributed by atoms with Crippen LogP contribution in [-0.2, 0) is 14.6 Å². The van der Waals surface area contributed by atoms with Gasteiger partial charge in [0.1, 0.15) is 0 Å². The molecule has 0 bridgehead atoms. The molecule has 0 radical (unpaired) electrons. The number of aliphatic hydroxyl groups is 1.